The first kappa shape index (κ1) is 9.58. The van der Waals surface area contributed by atoms with Gasteiger partial charge in [-0.15, -0.1) is 23.2 Å². The van der Waals surface area contributed by atoms with Gasteiger partial charge in [-0.2, -0.15) is 0 Å². The first-order valence-corrected chi connectivity index (χ1v) is 3.94. The highest BCUT2D eigenvalue weighted by molar-refractivity contribution is 6.34. The number of rotatable bonds is 2. The van der Waals surface area contributed by atoms with Crippen molar-refractivity contribution in [3.05, 3.63) is 0 Å². The second-order valence-electron chi connectivity index (χ2n) is 3.02. The van der Waals surface area contributed by atoms with Gasteiger partial charge in [-0.05, 0) is 27.2 Å². The monoisotopic (exact) mass is 168 g/mol. The molecular formula is C7H14Cl2. The highest BCUT2D eigenvalue weighted by Crippen LogP contribution is 2.36. The van der Waals surface area contributed by atoms with Crippen molar-refractivity contribution in [2.45, 2.75) is 43.9 Å². The molecule has 0 aromatic rings. The summed E-state index contributed by atoms with van der Waals surface area (Å²) in [5.41, 5.74) is 0. The molecule has 0 aromatic carbocycles. The van der Waals surface area contributed by atoms with E-state index < -0.39 is 0 Å². The Kier molecular flexibility index (Phi) is 2.85. The molecule has 0 rings (SSSR count). The molecule has 0 aliphatic carbocycles. The minimum Gasteiger partial charge on any atom is -0.118 e. The van der Waals surface area contributed by atoms with Gasteiger partial charge in [0.05, 0.1) is 9.75 Å². The summed E-state index contributed by atoms with van der Waals surface area (Å²) in [7, 11) is 0. The van der Waals surface area contributed by atoms with Gasteiger partial charge in [-0.1, -0.05) is 6.92 Å². The minimum atomic E-state index is -0.316. The van der Waals surface area contributed by atoms with Crippen molar-refractivity contribution in [3.63, 3.8) is 0 Å². The molecule has 0 radical (unpaired) electrons. The number of hydrogen-bond acceptors (Lipinski definition) is 0. The van der Waals surface area contributed by atoms with Gasteiger partial charge in [-0.3, -0.25) is 0 Å². The molecule has 0 spiro atoms. The lowest BCUT2D eigenvalue weighted by Gasteiger charge is -2.32. The molecule has 0 saturated heterocycles. The summed E-state index contributed by atoms with van der Waals surface area (Å²) >= 11 is 12.1. The van der Waals surface area contributed by atoms with Crippen LogP contribution in [0.2, 0.25) is 0 Å². The summed E-state index contributed by atoms with van der Waals surface area (Å²) < 4.78 is 0. The Morgan fingerprint density at radius 2 is 1.44 bits per heavy atom. The average molecular weight is 169 g/mol. The largest absolute Gasteiger partial charge is 0.118 e. The van der Waals surface area contributed by atoms with E-state index in [-0.39, 0.29) is 9.75 Å². The maximum atomic E-state index is 6.06. The summed E-state index contributed by atoms with van der Waals surface area (Å²) in [4.78, 5) is -0.599. The Morgan fingerprint density at radius 1 is 1.11 bits per heavy atom. The van der Waals surface area contributed by atoms with Gasteiger partial charge in [0.25, 0.3) is 0 Å². The Balaban J connectivity index is 4.14. The van der Waals surface area contributed by atoms with E-state index >= 15 is 0 Å². The summed E-state index contributed by atoms with van der Waals surface area (Å²) in [5, 5.41) is 0. The van der Waals surface area contributed by atoms with Gasteiger partial charge < -0.3 is 0 Å². The van der Waals surface area contributed by atoms with Crippen LogP contribution in [0.15, 0.2) is 0 Å². The minimum absolute atomic E-state index is 0.283. The fourth-order valence-electron chi connectivity index (χ4n) is 0.420. The molecule has 0 fully saturated rings. The summed E-state index contributed by atoms with van der Waals surface area (Å²) in [6.45, 7) is 7.87. The molecule has 0 heterocycles. The van der Waals surface area contributed by atoms with E-state index in [1.807, 2.05) is 27.7 Å². The third-order valence-electron chi connectivity index (χ3n) is 1.90. The SMILES string of the molecule is CCC(C)(Cl)C(C)(C)Cl. The second kappa shape index (κ2) is 2.67. The molecule has 0 aromatic heterocycles. The Morgan fingerprint density at radius 3 is 1.44 bits per heavy atom. The molecule has 0 amide bonds. The smallest absolute Gasteiger partial charge is 0.0601 e. The topological polar surface area (TPSA) is 0 Å². The summed E-state index contributed by atoms with van der Waals surface area (Å²) in [6.07, 6.45) is 0.894. The Hall–Kier alpha value is 0.580. The Bertz CT molecular complexity index is 89.6. The quantitative estimate of drug-likeness (QED) is 0.555. The van der Waals surface area contributed by atoms with E-state index in [0.29, 0.717) is 0 Å². The fourth-order valence-corrected chi connectivity index (χ4v) is 0.554. The molecule has 0 N–H and O–H groups in total. The number of halogens is 2. The van der Waals surface area contributed by atoms with Gasteiger partial charge in [0.15, 0.2) is 0 Å². The van der Waals surface area contributed by atoms with Gasteiger partial charge in [0.1, 0.15) is 0 Å². The van der Waals surface area contributed by atoms with E-state index in [0.717, 1.165) is 6.42 Å². The highest BCUT2D eigenvalue weighted by atomic mass is 35.5. The second-order valence-corrected chi connectivity index (χ2v) is 4.80. The standard InChI is InChI=1S/C7H14Cl2/c1-5-7(4,9)6(2,3)8/h5H2,1-4H3. The molecule has 0 nitrogen and oxygen atoms in total. The molecule has 1 atom stereocenters. The van der Waals surface area contributed by atoms with E-state index in [9.17, 15) is 0 Å². The summed E-state index contributed by atoms with van der Waals surface area (Å²) in [5.74, 6) is 0. The normalized spacial score (nSPS) is 19.3. The molecule has 0 aliphatic rings. The highest BCUT2D eigenvalue weighted by Gasteiger charge is 2.35. The zero-order valence-electron chi connectivity index (χ0n) is 6.46. The van der Waals surface area contributed by atoms with Crippen LogP contribution in [0.1, 0.15) is 34.1 Å². The van der Waals surface area contributed by atoms with Gasteiger partial charge >= 0.3 is 0 Å². The van der Waals surface area contributed by atoms with Crippen LogP contribution >= 0.6 is 23.2 Å². The zero-order valence-corrected chi connectivity index (χ0v) is 7.97. The van der Waals surface area contributed by atoms with Crippen LogP contribution in [0.25, 0.3) is 0 Å². The predicted octanol–water partition coefficient (Wildman–Crippen LogP) is 3.41. The number of alkyl halides is 2. The van der Waals surface area contributed by atoms with Crippen molar-refractivity contribution in [2.24, 2.45) is 0 Å². The zero-order chi connectivity index (χ0) is 7.71. The van der Waals surface area contributed by atoms with Gasteiger partial charge in [0, 0.05) is 0 Å². The first-order valence-electron chi connectivity index (χ1n) is 3.19. The van der Waals surface area contributed by atoms with Crippen LogP contribution in [-0.4, -0.2) is 9.75 Å². The van der Waals surface area contributed by atoms with E-state index in [1.54, 1.807) is 0 Å². The van der Waals surface area contributed by atoms with Crippen molar-refractivity contribution in [1.29, 1.82) is 0 Å². The fraction of sp³-hybridized carbons (Fsp3) is 1.00. The molecule has 0 aliphatic heterocycles. The molecule has 9 heavy (non-hydrogen) atoms. The maximum absolute atomic E-state index is 6.06. The molecular weight excluding hydrogens is 155 g/mol. The molecule has 0 saturated carbocycles. The van der Waals surface area contributed by atoms with Crippen LogP contribution in [-0.2, 0) is 0 Å². The van der Waals surface area contributed by atoms with Crippen molar-refractivity contribution < 1.29 is 0 Å². The van der Waals surface area contributed by atoms with Crippen LogP contribution in [0.4, 0.5) is 0 Å². The van der Waals surface area contributed by atoms with Crippen molar-refractivity contribution in [1.82, 2.24) is 0 Å². The lowest BCUT2D eigenvalue weighted by molar-refractivity contribution is 0.477. The lowest BCUT2D eigenvalue weighted by Crippen LogP contribution is -2.37. The van der Waals surface area contributed by atoms with Gasteiger partial charge in [-0.25, -0.2) is 0 Å². The van der Waals surface area contributed by atoms with Crippen LogP contribution in [0.3, 0.4) is 0 Å². The molecule has 56 valence electrons. The van der Waals surface area contributed by atoms with Crippen LogP contribution in [0, 0.1) is 0 Å². The van der Waals surface area contributed by atoms with E-state index in [2.05, 4.69) is 0 Å². The maximum Gasteiger partial charge on any atom is 0.0601 e. The first-order chi connectivity index (χ1) is 3.81. The Labute approximate surface area is 67.5 Å². The molecule has 1 unspecified atom stereocenters. The van der Waals surface area contributed by atoms with E-state index in [4.69, 9.17) is 23.2 Å². The van der Waals surface area contributed by atoms with Crippen molar-refractivity contribution in [2.75, 3.05) is 0 Å². The van der Waals surface area contributed by atoms with Crippen LogP contribution < -0.4 is 0 Å². The van der Waals surface area contributed by atoms with Crippen molar-refractivity contribution >= 4 is 23.2 Å². The molecule has 0 bridgehead atoms. The lowest BCUT2D eigenvalue weighted by atomic mass is 9.93. The van der Waals surface area contributed by atoms with Crippen LogP contribution in [0.5, 0.6) is 0 Å². The predicted molar refractivity (Wildman–Crippen MR) is 44.5 cm³/mol. The van der Waals surface area contributed by atoms with E-state index in [1.165, 1.54) is 0 Å². The third-order valence-corrected chi connectivity index (χ3v) is 3.16. The van der Waals surface area contributed by atoms with Crippen molar-refractivity contribution in [3.8, 4) is 0 Å². The average Bonchev–Trinajstić information content (AvgIpc) is 1.64. The summed E-state index contributed by atoms with van der Waals surface area (Å²) in [6, 6.07) is 0. The third kappa shape index (κ3) is 2.35. The van der Waals surface area contributed by atoms with Gasteiger partial charge in [0.2, 0.25) is 0 Å². The number of hydrogen-bond donors (Lipinski definition) is 0. The molecule has 2 heteroatoms.